The van der Waals surface area contributed by atoms with Gasteiger partial charge in [-0.25, -0.2) is 4.79 Å². The number of aliphatic carboxylic acids is 1. The lowest BCUT2D eigenvalue weighted by Crippen LogP contribution is -2.37. The number of nitrogens with one attached hydrogen (secondary N) is 1. The maximum Gasteiger partial charge on any atom is 0.344 e. The molecule has 0 saturated heterocycles. The van der Waals surface area contributed by atoms with Crippen molar-refractivity contribution in [2.45, 2.75) is 52.2 Å². The highest BCUT2D eigenvalue weighted by Gasteiger charge is 2.22. The second-order valence-electron chi connectivity index (χ2n) is 8.45. The number of aliphatic hydroxyl groups is 1. The van der Waals surface area contributed by atoms with Gasteiger partial charge < -0.3 is 35.8 Å². The van der Waals surface area contributed by atoms with Crippen molar-refractivity contribution in [3.05, 3.63) is 58.1 Å². The molecule has 196 valence electrons. The smallest absolute Gasteiger partial charge is 0.344 e. The van der Waals surface area contributed by atoms with Gasteiger partial charge in [0.05, 0.1) is 18.3 Å². The summed E-state index contributed by atoms with van der Waals surface area (Å²) in [5.41, 5.74) is 8.80. The molecule has 3 rings (SSSR count). The van der Waals surface area contributed by atoms with Crippen LogP contribution in [0.3, 0.4) is 0 Å². The van der Waals surface area contributed by atoms with Gasteiger partial charge in [-0.15, -0.1) is 0 Å². The molecular weight excluding hydrogens is 468 g/mol. The lowest BCUT2D eigenvalue weighted by atomic mass is 9.88. The summed E-state index contributed by atoms with van der Waals surface area (Å²) in [6.45, 7) is 4.98. The number of aryl methyl sites for hydroxylation is 1. The van der Waals surface area contributed by atoms with Gasteiger partial charge in [0.25, 0.3) is 11.9 Å². The van der Waals surface area contributed by atoms with Crippen LogP contribution >= 0.6 is 0 Å². The van der Waals surface area contributed by atoms with Crippen molar-refractivity contribution in [2.24, 2.45) is 5.73 Å². The molecule has 10 heteroatoms. The van der Waals surface area contributed by atoms with E-state index < -0.39 is 23.9 Å². The summed E-state index contributed by atoms with van der Waals surface area (Å²) in [7, 11) is 0. The Hall–Kier alpha value is -3.63. The summed E-state index contributed by atoms with van der Waals surface area (Å²) in [6.07, 6.45) is 1.73. The van der Waals surface area contributed by atoms with Crippen LogP contribution in [0.1, 0.15) is 59.0 Å². The van der Waals surface area contributed by atoms with Gasteiger partial charge in [-0.2, -0.15) is 0 Å². The van der Waals surface area contributed by atoms with E-state index in [0.717, 1.165) is 31.7 Å². The molecule has 36 heavy (non-hydrogen) atoms. The van der Waals surface area contributed by atoms with Crippen molar-refractivity contribution < 1.29 is 39.2 Å². The number of hydrogen-bond acceptors (Lipinski definition) is 8. The predicted molar refractivity (Wildman–Crippen MR) is 132 cm³/mol. The van der Waals surface area contributed by atoms with Gasteiger partial charge in [-0.05, 0) is 73.6 Å². The van der Waals surface area contributed by atoms with Crippen LogP contribution in [0.25, 0.3) is 0 Å². The minimum absolute atomic E-state index is 0.0310. The minimum Gasteiger partial charge on any atom is -0.507 e. The highest BCUT2D eigenvalue weighted by molar-refractivity contribution is 5.97. The van der Waals surface area contributed by atoms with Crippen LogP contribution in [0.15, 0.2) is 30.3 Å². The first-order valence-electron chi connectivity index (χ1n) is 11.7. The maximum atomic E-state index is 11.6. The second kappa shape index (κ2) is 13.5. The number of rotatable bonds is 9. The molecule has 2 aromatic rings. The summed E-state index contributed by atoms with van der Waals surface area (Å²) < 4.78 is 10.4. The first-order chi connectivity index (χ1) is 17.0. The molecule has 6 N–H and O–H groups in total. The van der Waals surface area contributed by atoms with E-state index in [1.165, 1.54) is 11.6 Å². The third-order valence-corrected chi connectivity index (χ3v) is 5.76. The molecule has 2 aromatic carbocycles. The van der Waals surface area contributed by atoms with E-state index in [0.29, 0.717) is 30.0 Å². The number of benzene rings is 2. The van der Waals surface area contributed by atoms with Crippen LogP contribution in [-0.2, 0) is 27.2 Å². The lowest BCUT2D eigenvalue weighted by molar-refractivity contribution is -0.145. The van der Waals surface area contributed by atoms with E-state index in [4.69, 9.17) is 25.1 Å². The van der Waals surface area contributed by atoms with Crippen molar-refractivity contribution in [3.63, 3.8) is 0 Å². The number of primary amides is 1. The highest BCUT2D eigenvalue weighted by Crippen LogP contribution is 2.29. The average molecular weight is 503 g/mol. The summed E-state index contributed by atoms with van der Waals surface area (Å²) in [4.78, 5) is 32.1. The van der Waals surface area contributed by atoms with E-state index in [1.807, 2.05) is 18.2 Å². The zero-order valence-electron chi connectivity index (χ0n) is 20.7. The molecule has 0 aromatic heterocycles. The molecule has 0 fully saturated rings. The van der Waals surface area contributed by atoms with Crippen molar-refractivity contribution in [3.8, 4) is 11.5 Å². The normalized spacial score (nSPS) is 15.1. The molecule has 0 aliphatic heterocycles. The number of amides is 1. The molecule has 10 nitrogen and oxygen atoms in total. The van der Waals surface area contributed by atoms with Gasteiger partial charge in [0.1, 0.15) is 11.5 Å². The molecule has 2 atom stereocenters. The Morgan fingerprint density at radius 1 is 1.19 bits per heavy atom. The molecule has 0 heterocycles. The van der Waals surface area contributed by atoms with E-state index in [-0.39, 0.29) is 24.0 Å². The van der Waals surface area contributed by atoms with E-state index in [9.17, 15) is 19.8 Å². The molecule has 0 radical (unpaired) electrons. The van der Waals surface area contributed by atoms with Gasteiger partial charge >= 0.3 is 5.97 Å². The van der Waals surface area contributed by atoms with Crippen LogP contribution < -0.4 is 15.8 Å². The Kier molecular flexibility index (Phi) is 10.7. The van der Waals surface area contributed by atoms with Crippen LogP contribution in [0.4, 0.5) is 0 Å². The first-order valence-corrected chi connectivity index (χ1v) is 11.7. The van der Waals surface area contributed by atoms with Crippen LogP contribution in [0.2, 0.25) is 0 Å². The van der Waals surface area contributed by atoms with Gasteiger partial charge in [0.15, 0.2) is 6.61 Å². The molecular formula is C26H34N2O8. The zero-order valence-corrected chi connectivity index (χ0v) is 20.7. The zero-order chi connectivity index (χ0) is 26.8. The molecule has 1 aliphatic carbocycles. The Balaban J connectivity index is 0.00000106. The average Bonchev–Trinajstić information content (AvgIpc) is 2.80. The van der Waals surface area contributed by atoms with Gasteiger partial charge in [0.2, 0.25) is 0 Å². The molecule has 1 aliphatic rings. The first kappa shape index (κ1) is 28.6. The fourth-order valence-electron chi connectivity index (χ4n) is 4.12. The Labute approximate surface area is 210 Å². The lowest BCUT2D eigenvalue weighted by Gasteiger charge is -2.27. The third kappa shape index (κ3) is 8.24. The van der Waals surface area contributed by atoms with Crippen molar-refractivity contribution in [1.82, 2.24) is 5.32 Å². The topological polar surface area (TPSA) is 168 Å². The summed E-state index contributed by atoms with van der Waals surface area (Å²) in [6, 6.07) is 8.96. The summed E-state index contributed by atoms with van der Waals surface area (Å²) in [5.74, 6) is -1.53. The largest absolute Gasteiger partial charge is 0.507 e. The van der Waals surface area contributed by atoms with Crippen molar-refractivity contribution in [1.29, 1.82) is 0 Å². The molecule has 0 bridgehead atoms. The van der Waals surface area contributed by atoms with E-state index in [1.54, 1.807) is 19.9 Å². The number of aliphatic hydroxyl groups excluding tert-OH is 1. The number of aromatic hydroxyl groups is 1. The molecule has 1 amide bonds. The monoisotopic (exact) mass is 502 g/mol. The Morgan fingerprint density at radius 2 is 1.89 bits per heavy atom. The highest BCUT2D eigenvalue weighted by atomic mass is 16.6. The van der Waals surface area contributed by atoms with Crippen LogP contribution in [-0.4, -0.2) is 59.0 Å². The van der Waals surface area contributed by atoms with Crippen LogP contribution in [0.5, 0.6) is 11.5 Å². The number of carboxylic acid groups (broad SMARTS) is 1. The minimum atomic E-state index is -0.852. The number of carbonyl (C=O) groups is 3. The number of nitrogens with two attached hydrogens (primary N) is 1. The molecule has 0 saturated carbocycles. The van der Waals surface area contributed by atoms with Gasteiger partial charge in [-0.1, -0.05) is 12.1 Å². The van der Waals surface area contributed by atoms with Crippen molar-refractivity contribution in [2.75, 3.05) is 19.8 Å². The fraction of sp³-hybridized carbons (Fsp3) is 0.423. The maximum absolute atomic E-state index is 11.6. The SMILES string of the molecule is CC(=O)O.CCOC(=O)COc1ccc2c(c1)C[C@@H](NCC(O)c1ccc(O)c(C(N)=O)c1C)CC2. The predicted octanol–water partition coefficient (Wildman–Crippen LogP) is 2.01. The standard InChI is InChI=1S/C24H30N2O6.C2H4O2/c1-3-31-22(29)13-32-18-7-5-15-4-6-17(10-16(15)11-18)26-12-21(28)19-8-9-20(27)23(14(19)2)24(25)30;1-2(3)4/h5,7-9,11,17,21,26-28H,3-4,6,10,12-13H2,1-2H3,(H2,25,30);1H3,(H,3,4)/t17-,21?;/m0./s1. The number of carbonyl (C=O) groups excluding carboxylic acids is 2. The van der Waals surface area contributed by atoms with Crippen molar-refractivity contribution >= 4 is 17.8 Å². The third-order valence-electron chi connectivity index (χ3n) is 5.76. The van der Waals surface area contributed by atoms with E-state index in [2.05, 4.69) is 5.32 Å². The number of esters is 1. The second-order valence-corrected chi connectivity index (χ2v) is 8.45. The Bertz CT molecular complexity index is 1080. The number of ether oxygens (including phenoxy) is 2. The summed E-state index contributed by atoms with van der Waals surface area (Å²) in [5, 5.41) is 31.4. The van der Waals surface area contributed by atoms with Gasteiger partial charge in [-0.3, -0.25) is 9.59 Å². The number of phenols is 1. The quantitative estimate of drug-likeness (QED) is 0.322. The van der Waals surface area contributed by atoms with Gasteiger partial charge in [0, 0.05) is 19.5 Å². The number of fused-ring (bicyclic) bond motifs is 1. The van der Waals surface area contributed by atoms with Crippen LogP contribution in [0, 0.1) is 6.92 Å². The molecule has 0 spiro atoms. The fourth-order valence-corrected chi connectivity index (χ4v) is 4.12. The molecule has 1 unspecified atom stereocenters. The Morgan fingerprint density at radius 3 is 2.53 bits per heavy atom. The number of hydrogen-bond donors (Lipinski definition) is 5. The number of carboxylic acids is 1. The summed E-state index contributed by atoms with van der Waals surface area (Å²) >= 11 is 0. The van der Waals surface area contributed by atoms with E-state index >= 15 is 0 Å².